The van der Waals surface area contributed by atoms with E-state index in [1.54, 1.807) is 6.92 Å². The number of hydrogen-bond acceptors (Lipinski definition) is 5. The monoisotopic (exact) mass is 321 g/mol. The average Bonchev–Trinajstić information content (AvgIpc) is 2.59. The summed E-state index contributed by atoms with van der Waals surface area (Å²) in [6.07, 6.45) is 0. The highest BCUT2D eigenvalue weighted by Crippen LogP contribution is 2.32. The van der Waals surface area contributed by atoms with Crippen LogP contribution >= 0.6 is 11.3 Å². The van der Waals surface area contributed by atoms with Crippen LogP contribution in [0.4, 0.5) is 5.69 Å². The summed E-state index contributed by atoms with van der Waals surface area (Å²) < 4.78 is 35.8. The van der Waals surface area contributed by atoms with Gasteiger partial charge in [-0.05, 0) is 31.7 Å². The van der Waals surface area contributed by atoms with Gasteiger partial charge in [0.05, 0.1) is 18.3 Å². The van der Waals surface area contributed by atoms with Crippen LogP contribution in [0.25, 0.3) is 0 Å². The Morgan fingerprint density at radius 1 is 1.50 bits per heavy atom. The first-order chi connectivity index (χ1) is 9.17. The van der Waals surface area contributed by atoms with Gasteiger partial charge in [0.15, 0.2) is 5.75 Å². The van der Waals surface area contributed by atoms with E-state index in [4.69, 9.17) is 9.29 Å². The molecule has 0 aliphatic rings. The van der Waals surface area contributed by atoms with Crippen molar-refractivity contribution in [2.24, 2.45) is 0 Å². The lowest BCUT2D eigenvalue weighted by Gasteiger charge is -2.29. The molecule has 0 radical (unpaired) electrons. The van der Waals surface area contributed by atoms with Gasteiger partial charge in [-0.25, -0.2) is 0 Å². The number of carbonyl (C=O) groups excluding carboxylic acids is 1. The quantitative estimate of drug-likeness (QED) is 0.805. The maximum Gasteiger partial charge on any atom is 0.274 e. The number of rotatable bonds is 6. The molecule has 20 heavy (non-hydrogen) atoms. The number of hydrogen-bond donors (Lipinski definition) is 1. The zero-order chi connectivity index (χ0) is 15.5. The summed E-state index contributed by atoms with van der Waals surface area (Å²) in [5.41, 5.74) is 1.58. The second-order valence-electron chi connectivity index (χ2n) is 4.62. The molecule has 1 atom stereocenters. The van der Waals surface area contributed by atoms with Crippen LogP contribution in [0.3, 0.4) is 0 Å². The third-order valence-electron chi connectivity index (χ3n) is 2.78. The van der Waals surface area contributed by atoms with Crippen LogP contribution in [0.2, 0.25) is 0 Å². The third-order valence-corrected chi connectivity index (χ3v) is 4.41. The van der Waals surface area contributed by atoms with E-state index in [-0.39, 0.29) is 12.6 Å². The summed E-state index contributed by atoms with van der Waals surface area (Å²) in [7, 11) is -2.85. The Labute approximate surface area is 123 Å². The number of anilines is 1. The van der Waals surface area contributed by atoms with Crippen LogP contribution in [-0.2, 0) is 19.6 Å². The Balaban J connectivity index is 3.19. The van der Waals surface area contributed by atoms with E-state index >= 15 is 0 Å². The van der Waals surface area contributed by atoms with Crippen LogP contribution in [0.1, 0.15) is 17.4 Å². The largest absolute Gasteiger partial charge is 0.383 e. The summed E-state index contributed by atoms with van der Waals surface area (Å²) >= 11 is 1.48. The minimum Gasteiger partial charge on any atom is -0.383 e. The van der Waals surface area contributed by atoms with Gasteiger partial charge in [0, 0.05) is 12.0 Å². The Bertz CT molecular complexity index is 559. The Morgan fingerprint density at radius 2 is 2.10 bits per heavy atom. The number of carbonyl (C=O) groups is 1. The number of aryl methyl sites for hydroxylation is 2. The lowest BCUT2D eigenvalue weighted by atomic mass is 10.2. The topological polar surface area (TPSA) is 83.9 Å². The fourth-order valence-corrected chi connectivity index (χ4v) is 3.35. The fourth-order valence-electron chi connectivity index (χ4n) is 2.06. The highest BCUT2D eigenvalue weighted by molar-refractivity contribution is 7.86. The molecule has 0 saturated carbocycles. The summed E-state index contributed by atoms with van der Waals surface area (Å²) in [5, 5.41) is 1.90. The number of amides is 1. The first-order valence-electron chi connectivity index (χ1n) is 5.98. The molecule has 8 heteroatoms. The van der Waals surface area contributed by atoms with Crippen LogP contribution in [0, 0.1) is 13.8 Å². The molecule has 6 nitrogen and oxygen atoms in total. The van der Waals surface area contributed by atoms with Gasteiger partial charge in [-0.1, -0.05) is 0 Å². The molecule has 0 aliphatic carbocycles. The van der Waals surface area contributed by atoms with Gasteiger partial charge in [0.1, 0.15) is 0 Å². The third kappa shape index (κ3) is 4.27. The van der Waals surface area contributed by atoms with Crippen molar-refractivity contribution in [2.45, 2.75) is 26.8 Å². The molecule has 0 fully saturated rings. The molecule has 0 saturated heterocycles. The van der Waals surface area contributed by atoms with Crippen molar-refractivity contribution in [3.63, 3.8) is 0 Å². The minimum atomic E-state index is -4.36. The molecule has 0 spiro atoms. The first-order valence-corrected chi connectivity index (χ1v) is 8.47. The zero-order valence-corrected chi connectivity index (χ0v) is 13.5. The van der Waals surface area contributed by atoms with E-state index in [1.807, 2.05) is 19.2 Å². The molecule has 114 valence electrons. The fraction of sp³-hybridized carbons (Fsp3) is 0.583. The van der Waals surface area contributed by atoms with Gasteiger partial charge in [-0.3, -0.25) is 9.35 Å². The molecule has 1 unspecified atom stereocenters. The number of thiophene rings is 1. The van der Waals surface area contributed by atoms with Crippen LogP contribution in [0.15, 0.2) is 5.38 Å². The smallest absolute Gasteiger partial charge is 0.274 e. The summed E-state index contributed by atoms with van der Waals surface area (Å²) in [4.78, 5) is 14.5. The van der Waals surface area contributed by atoms with E-state index in [1.165, 1.54) is 23.3 Å². The number of ether oxygens (including phenoxy) is 1. The second kappa shape index (κ2) is 6.66. The molecule has 0 aromatic carbocycles. The molecule has 1 aromatic rings. The van der Waals surface area contributed by atoms with Gasteiger partial charge in [0.2, 0.25) is 5.91 Å². The Morgan fingerprint density at radius 3 is 2.50 bits per heavy atom. The molecule has 1 amide bonds. The van der Waals surface area contributed by atoms with Gasteiger partial charge in [0.25, 0.3) is 10.1 Å². The normalized spacial score (nSPS) is 13.2. The lowest BCUT2D eigenvalue weighted by Crippen LogP contribution is -2.44. The maximum absolute atomic E-state index is 12.2. The first kappa shape index (κ1) is 17.1. The Kier molecular flexibility index (Phi) is 5.69. The second-order valence-corrected chi connectivity index (χ2v) is 7.15. The van der Waals surface area contributed by atoms with Crippen LogP contribution < -0.4 is 4.90 Å². The number of methoxy groups -OCH3 is 1. The van der Waals surface area contributed by atoms with Crippen molar-refractivity contribution < 1.29 is 22.5 Å². The SMILES string of the molecule is COCC(C)N(C(=O)CS(=O)(=O)O)c1c(C)csc1C. The molecular formula is C12H19NO5S2. The summed E-state index contributed by atoms with van der Waals surface area (Å²) in [6.45, 7) is 5.75. The van der Waals surface area contributed by atoms with E-state index in [9.17, 15) is 13.2 Å². The van der Waals surface area contributed by atoms with Crippen molar-refractivity contribution in [1.82, 2.24) is 0 Å². The van der Waals surface area contributed by atoms with E-state index in [0.29, 0.717) is 5.69 Å². The maximum atomic E-state index is 12.2. The van der Waals surface area contributed by atoms with Gasteiger partial charge in [-0.15, -0.1) is 11.3 Å². The van der Waals surface area contributed by atoms with Crippen LogP contribution in [-0.4, -0.2) is 44.4 Å². The summed E-state index contributed by atoms with van der Waals surface area (Å²) in [5.74, 6) is -1.60. The average molecular weight is 321 g/mol. The molecule has 1 aromatic heterocycles. The Hall–Kier alpha value is -0.960. The van der Waals surface area contributed by atoms with E-state index in [2.05, 4.69) is 0 Å². The molecule has 0 aliphatic heterocycles. The van der Waals surface area contributed by atoms with E-state index in [0.717, 1.165) is 10.4 Å². The standard InChI is InChI=1S/C12H19NO5S2/c1-8-6-19-10(3)12(8)13(9(2)5-18-4)11(14)7-20(15,16)17/h6,9H,5,7H2,1-4H3,(H,15,16,17). The molecule has 1 N–H and O–H groups in total. The molecular weight excluding hydrogens is 302 g/mol. The van der Waals surface area contributed by atoms with E-state index < -0.39 is 21.8 Å². The van der Waals surface area contributed by atoms with Gasteiger partial charge in [-0.2, -0.15) is 8.42 Å². The van der Waals surface area contributed by atoms with Gasteiger partial charge >= 0.3 is 0 Å². The molecule has 1 heterocycles. The predicted octanol–water partition coefficient (Wildman–Crippen LogP) is 1.62. The van der Waals surface area contributed by atoms with Crippen molar-refractivity contribution in [2.75, 3.05) is 24.4 Å². The molecule has 1 rings (SSSR count). The highest BCUT2D eigenvalue weighted by Gasteiger charge is 2.28. The van der Waals surface area contributed by atoms with Crippen LogP contribution in [0.5, 0.6) is 0 Å². The highest BCUT2D eigenvalue weighted by atomic mass is 32.2. The van der Waals surface area contributed by atoms with Crippen molar-refractivity contribution in [1.29, 1.82) is 0 Å². The number of nitrogens with zero attached hydrogens (tertiary/aromatic N) is 1. The van der Waals surface area contributed by atoms with Crippen molar-refractivity contribution >= 4 is 33.0 Å². The van der Waals surface area contributed by atoms with Crippen molar-refractivity contribution in [3.05, 3.63) is 15.8 Å². The van der Waals surface area contributed by atoms with Gasteiger partial charge < -0.3 is 9.64 Å². The predicted molar refractivity (Wildman–Crippen MR) is 79.0 cm³/mol. The lowest BCUT2D eigenvalue weighted by molar-refractivity contribution is -0.116. The zero-order valence-electron chi connectivity index (χ0n) is 11.9. The van der Waals surface area contributed by atoms with Crippen molar-refractivity contribution in [3.8, 4) is 0 Å². The molecule has 0 bridgehead atoms. The minimum absolute atomic E-state index is 0.270. The summed E-state index contributed by atoms with van der Waals surface area (Å²) in [6, 6.07) is -0.332.